The molecule has 1 fully saturated rings. The Bertz CT molecular complexity index is 580. The van der Waals surface area contributed by atoms with E-state index in [1.54, 1.807) is 20.3 Å². The predicted octanol–water partition coefficient (Wildman–Crippen LogP) is 2.67. The Morgan fingerprint density at radius 2 is 1.79 bits per heavy atom. The number of carbonyl (C=O) groups is 1. The van der Waals surface area contributed by atoms with E-state index < -0.39 is 0 Å². The molecule has 1 aliphatic heterocycles. The molecule has 0 atom stereocenters. The molecule has 1 amide bonds. The van der Waals surface area contributed by atoms with Gasteiger partial charge >= 0.3 is 0 Å². The topological polar surface area (TPSA) is 59.6 Å². The van der Waals surface area contributed by atoms with Gasteiger partial charge in [0.05, 0.1) is 20.6 Å². The Hall–Kier alpha value is -1.75. The summed E-state index contributed by atoms with van der Waals surface area (Å²) in [6, 6.07) is 5.71. The van der Waals surface area contributed by atoms with Crippen LogP contribution in [-0.2, 0) is 11.2 Å². The van der Waals surface area contributed by atoms with Crippen LogP contribution in [0.5, 0.6) is 11.5 Å². The van der Waals surface area contributed by atoms with E-state index in [0.29, 0.717) is 12.2 Å². The molecule has 24 heavy (non-hydrogen) atoms. The number of nitrogens with one attached hydrogen (secondary N) is 2. The summed E-state index contributed by atoms with van der Waals surface area (Å²) in [6.45, 7) is 8.72. The molecule has 0 bridgehead atoms. The lowest BCUT2D eigenvalue weighted by Gasteiger charge is -2.46. The van der Waals surface area contributed by atoms with Gasteiger partial charge in [-0.05, 0) is 46.6 Å². The molecule has 2 N–H and O–H groups in total. The zero-order valence-corrected chi connectivity index (χ0v) is 15.7. The van der Waals surface area contributed by atoms with Gasteiger partial charge < -0.3 is 20.1 Å². The third-order valence-corrected chi connectivity index (χ3v) is 4.40. The normalized spacial score (nSPS) is 19.6. The van der Waals surface area contributed by atoms with Crippen molar-refractivity contribution in [1.29, 1.82) is 0 Å². The summed E-state index contributed by atoms with van der Waals surface area (Å²) in [5.74, 6) is 1.42. The first-order valence-corrected chi connectivity index (χ1v) is 8.44. The molecule has 1 aliphatic rings. The van der Waals surface area contributed by atoms with Gasteiger partial charge in [0.2, 0.25) is 5.91 Å². The largest absolute Gasteiger partial charge is 0.497 e. The van der Waals surface area contributed by atoms with E-state index in [-0.39, 0.29) is 23.0 Å². The molecule has 0 aromatic heterocycles. The first kappa shape index (κ1) is 18.6. The van der Waals surface area contributed by atoms with Gasteiger partial charge in [0.25, 0.3) is 0 Å². The molecule has 134 valence electrons. The summed E-state index contributed by atoms with van der Waals surface area (Å²) in [4.78, 5) is 12.5. The zero-order chi connectivity index (χ0) is 18.0. The Labute approximate surface area is 145 Å². The maximum atomic E-state index is 12.5. The second-order valence-corrected chi connectivity index (χ2v) is 7.92. The minimum absolute atomic E-state index is 0.0114. The van der Waals surface area contributed by atoms with E-state index >= 15 is 0 Å². The minimum Gasteiger partial charge on any atom is -0.497 e. The van der Waals surface area contributed by atoms with Crippen molar-refractivity contribution < 1.29 is 14.3 Å². The van der Waals surface area contributed by atoms with Crippen LogP contribution in [0, 0.1) is 0 Å². The molecule has 1 aromatic rings. The van der Waals surface area contributed by atoms with E-state index in [9.17, 15) is 4.79 Å². The number of methoxy groups -OCH3 is 2. The molecular weight excluding hydrogens is 304 g/mol. The van der Waals surface area contributed by atoms with Gasteiger partial charge in [0, 0.05) is 28.7 Å². The summed E-state index contributed by atoms with van der Waals surface area (Å²) < 4.78 is 10.6. The van der Waals surface area contributed by atoms with Crippen LogP contribution in [-0.4, -0.2) is 37.2 Å². The Morgan fingerprint density at radius 1 is 1.17 bits per heavy atom. The van der Waals surface area contributed by atoms with Crippen LogP contribution < -0.4 is 20.1 Å². The molecule has 0 aliphatic carbocycles. The lowest BCUT2D eigenvalue weighted by molar-refractivity contribution is -0.121. The first-order valence-electron chi connectivity index (χ1n) is 8.44. The van der Waals surface area contributed by atoms with Gasteiger partial charge in [-0.25, -0.2) is 0 Å². The highest BCUT2D eigenvalue weighted by atomic mass is 16.5. The van der Waals surface area contributed by atoms with E-state index in [4.69, 9.17) is 9.47 Å². The van der Waals surface area contributed by atoms with Gasteiger partial charge in [-0.15, -0.1) is 0 Å². The van der Waals surface area contributed by atoms with Crippen LogP contribution in [0.2, 0.25) is 0 Å². The maximum absolute atomic E-state index is 12.5. The molecule has 0 saturated carbocycles. The highest BCUT2D eigenvalue weighted by Gasteiger charge is 2.38. The minimum atomic E-state index is 0.0114. The summed E-state index contributed by atoms with van der Waals surface area (Å²) in [7, 11) is 3.22. The molecule has 0 spiro atoms. The quantitative estimate of drug-likeness (QED) is 0.869. The van der Waals surface area contributed by atoms with E-state index in [1.165, 1.54) is 0 Å². The van der Waals surface area contributed by atoms with Crippen molar-refractivity contribution in [2.24, 2.45) is 0 Å². The molecule has 1 heterocycles. The van der Waals surface area contributed by atoms with Crippen molar-refractivity contribution in [2.45, 2.75) is 64.1 Å². The number of hydrogen-bond acceptors (Lipinski definition) is 4. The first-order chi connectivity index (χ1) is 11.1. The maximum Gasteiger partial charge on any atom is 0.224 e. The van der Waals surface area contributed by atoms with E-state index in [0.717, 1.165) is 24.2 Å². The Morgan fingerprint density at radius 3 is 2.33 bits per heavy atom. The number of rotatable bonds is 5. The number of ether oxygens (including phenoxy) is 2. The van der Waals surface area contributed by atoms with Crippen molar-refractivity contribution >= 4 is 5.91 Å². The summed E-state index contributed by atoms with van der Waals surface area (Å²) in [6.07, 6.45) is 2.14. The van der Waals surface area contributed by atoms with Gasteiger partial charge in [0.1, 0.15) is 11.5 Å². The average Bonchev–Trinajstić information content (AvgIpc) is 2.44. The van der Waals surface area contributed by atoms with Crippen LogP contribution in [0.4, 0.5) is 0 Å². The third-order valence-electron chi connectivity index (χ3n) is 4.40. The number of carbonyl (C=O) groups excluding carboxylic acids is 1. The van der Waals surface area contributed by atoms with Crippen molar-refractivity contribution in [3.05, 3.63) is 23.8 Å². The van der Waals surface area contributed by atoms with Crippen molar-refractivity contribution in [3.8, 4) is 11.5 Å². The summed E-state index contributed by atoms with van der Waals surface area (Å²) in [5.41, 5.74) is 0.887. The third kappa shape index (κ3) is 4.87. The average molecular weight is 334 g/mol. The van der Waals surface area contributed by atoms with Gasteiger partial charge in [-0.3, -0.25) is 4.79 Å². The highest BCUT2D eigenvalue weighted by Crippen LogP contribution is 2.29. The lowest BCUT2D eigenvalue weighted by Crippen LogP contribution is -2.62. The number of amides is 1. The second-order valence-electron chi connectivity index (χ2n) is 7.92. The van der Waals surface area contributed by atoms with Crippen LogP contribution in [0.25, 0.3) is 0 Å². The molecule has 5 heteroatoms. The molecule has 1 aromatic carbocycles. The number of hydrogen-bond donors (Lipinski definition) is 2. The zero-order valence-electron chi connectivity index (χ0n) is 15.7. The van der Waals surface area contributed by atoms with Gasteiger partial charge in [-0.2, -0.15) is 0 Å². The van der Waals surface area contributed by atoms with E-state index in [2.05, 4.69) is 38.3 Å². The summed E-state index contributed by atoms with van der Waals surface area (Å²) in [5, 5.41) is 6.82. The van der Waals surface area contributed by atoms with Crippen LogP contribution >= 0.6 is 0 Å². The number of piperidine rings is 1. The van der Waals surface area contributed by atoms with Crippen molar-refractivity contribution in [3.63, 3.8) is 0 Å². The smallest absolute Gasteiger partial charge is 0.224 e. The van der Waals surface area contributed by atoms with Crippen molar-refractivity contribution in [1.82, 2.24) is 10.6 Å². The fraction of sp³-hybridized carbons (Fsp3) is 0.632. The summed E-state index contributed by atoms with van der Waals surface area (Å²) >= 11 is 0. The lowest BCUT2D eigenvalue weighted by atomic mass is 9.79. The second kappa shape index (κ2) is 7.01. The molecule has 5 nitrogen and oxygen atoms in total. The Kier molecular flexibility index (Phi) is 5.43. The number of benzene rings is 1. The van der Waals surface area contributed by atoms with Crippen LogP contribution in [0.1, 0.15) is 46.1 Å². The predicted molar refractivity (Wildman–Crippen MR) is 95.7 cm³/mol. The SMILES string of the molecule is COc1ccc(CC(=O)NC2CC(C)(C)NC(C)(C)C2)c(OC)c1. The molecule has 0 unspecified atom stereocenters. The highest BCUT2D eigenvalue weighted by molar-refractivity contribution is 5.79. The molecule has 2 rings (SSSR count). The standard InChI is InChI=1S/C19H30N2O3/c1-18(2)11-14(12-19(3,4)21-18)20-17(22)9-13-7-8-15(23-5)10-16(13)24-6/h7-8,10,14,21H,9,11-12H2,1-6H3,(H,20,22). The van der Waals surface area contributed by atoms with Crippen LogP contribution in [0.15, 0.2) is 18.2 Å². The van der Waals surface area contributed by atoms with Crippen molar-refractivity contribution in [2.75, 3.05) is 14.2 Å². The fourth-order valence-corrected chi connectivity index (χ4v) is 3.87. The van der Waals surface area contributed by atoms with Crippen LogP contribution in [0.3, 0.4) is 0 Å². The fourth-order valence-electron chi connectivity index (χ4n) is 3.87. The van der Waals surface area contributed by atoms with E-state index in [1.807, 2.05) is 12.1 Å². The molecular formula is C19H30N2O3. The van der Waals surface area contributed by atoms with Gasteiger partial charge in [0.15, 0.2) is 0 Å². The monoisotopic (exact) mass is 334 g/mol. The van der Waals surface area contributed by atoms with Gasteiger partial charge in [-0.1, -0.05) is 6.07 Å². The molecule has 1 saturated heterocycles. The molecule has 0 radical (unpaired) electrons. The Balaban J connectivity index is 2.03.